The summed E-state index contributed by atoms with van der Waals surface area (Å²) in [7, 11) is 0. The van der Waals surface area contributed by atoms with Crippen LogP contribution in [0, 0.1) is 23.7 Å². The summed E-state index contributed by atoms with van der Waals surface area (Å²) < 4.78 is 66.5. The number of amides is 1. The number of guanidine groups is 1. The molecule has 2 aliphatic carbocycles. The Bertz CT molecular complexity index is 700. The van der Waals surface area contributed by atoms with Gasteiger partial charge in [0, 0.05) is 30.8 Å². The Kier molecular flexibility index (Phi) is 9.16. The number of nitrogens with zero attached hydrogens (tertiary/aromatic N) is 1. The van der Waals surface area contributed by atoms with Gasteiger partial charge in [0.1, 0.15) is 18.5 Å². The minimum Gasteiger partial charge on any atom is -0.353 e. The number of rotatable bonds is 5. The molecule has 1 saturated heterocycles. The van der Waals surface area contributed by atoms with E-state index >= 15 is 0 Å². The number of halogens is 5. The summed E-state index contributed by atoms with van der Waals surface area (Å²) in [6, 6.07) is -0.147. The zero-order chi connectivity index (χ0) is 25.0. The van der Waals surface area contributed by atoms with Crippen LogP contribution in [-0.4, -0.2) is 48.6 Å². The Morgan fingerprint density at radius 1 is 0.941 bits per heavy atom. The molecule has 0 aromatic rings. The van der Waals surface area contributed by atoms with Crippen LogP contribution in [-0.2, 0) is 4.79 Å². The third kappa shape index (κ3) is 7.50. The van der Waals surface area contributed by atoms with Crippen molar-refractivity contribution in [1.82, 2.24) is 21.5 Å². The van der Waals surface area contributed by atoms with E-state index in [4.69, 9.17) is 0 Å². The molecule has 0 aromatic carbocycles. The van der Waals surface area contributed by atoms with E-state index in [1.165, 1.54) is 0 Å². The first-order chi connectivity index (χ1) is 15.9. The summed E-state index contributed by atoms with van der Waals surface area (Å²) in [5.41, 5.74) is 6.14. The maximum atomic E-state index is 13.8. The van der Waals surface area contributed by atoms with Crippen LogP contribution in [0.4, 0.5) is 22.0 Å². The molecule has 34 heavy (non-hydrogen) atoms. The van der Waals surface area contributed by atoms with Gasteiger partial charge in [0.15, 0.2) is 5.96 Å². The molecule has 2 saturated carbocycles. The second-order valence-corrected chi connectivity index (χ2v) is 10.5. The van der Waals surface area contributed by atoms with Crippen molar-refractivity contribution in [1.29, 1.82) is 0 Å². The van der Waals surface area contributed by atoms with Gasteiger partial charge in [-0.2, -0.15) is 13.2 Å². The number of carbonyl (C=O) groups excluding carboxylic acids is 1. The van der Waals surface area contributed by atoms with Crippen LogP contribution < -0.4 is 21.5 Å². The first kappa shape index (κ1) is 27.1. The summed E-state index contributed by atoms with van der Waals surface area (Å²) in [4.78, 5) is 17.4. The van der Waals surface area contributed by atoms with E-state index in [0.717, 1.165) is 0 Å². The summed E-state index contributed by atoms with van der Waals surface area (Å²) >= 11 is 0. The van der Waals surface area contributed by atoms with Crippen molar-refractivity contribution < 1.29 is 26.7 Å². The molecule has 6 nitrogen and oxygen atoms in total. The van der Waals surface area contributed by atoms with Gasteiger partial charge in [-0.05, 0) is 57.3 Å². The van der Waals surface area contributed by atoms with Gasteiger partial charge in [-0.25, -0.2) is 19.2 Å². The number of carbonyl (C=O) groups is 1. The average molecular weight is 496 g/mol. The number of alkyl halides is 5. The van der Waals surface area contributed by atoms with E-state index in [1.54, 1.807) is 0 Å². The fraction of sp³-hybridized carbons (Fsp3) is 0.913. The molecule has 3 aliphatic rings. The van der Waals surface area contributed by atoms with Crippen LogP contribution in [0.25, 0.3) is 0 Å². The molecule has 4 N–H and O–H groups in total. The smallest absolute Gasteiger partial charge is 0.353 e. The van der Waals surface area contributed by atoms with Gasteiger partial charge in [-0.15, -0.1) is 0 Å². The molecule has 1 heterocycles. The van der Waals surface area contributed by atoms with Crippen LogP contribution in [0.5, 0.6) is 0 Å². The van der Waals surface area contributed by atoms with Gasteiger partial charge in [-0.3, -0.25) is 15.5 Å². The summed E-state index contributed by atoms with van der Waals surface area (Å²) in [6.45, 7) is 5.99. The molecule has 0 aromatic heterocycles. The monoisotopic (exact) mass is 495 g/mol. The Labute approximate surface area is 198 Å². The zero-order valence-corrected chi connectivity index (χ0v) is 20.1. The van der Waals surface area contributed by atoms with Crippen molar-refractivity contribution in [3.8, 4) is 0 Å². The molecule has 1 aliphatic heterocycles. The molecule has 3 fully saturated rings. The van der Waals surface area contributed by atoms with Gasteiger partial charge in [-0.1, -0.05) is 13.8 Å². The number of hydrogen-bond acceptors (Lipinski definition) is 4. The van der Waals surface area contributed by atoms with E-state index in [0.29, 0.717) is 19.3 Å². The number of hydrazine groups is 1. The lowest BCUT2D eigenvalue weighted by molar-refractivity contribution is -0.184. The maximum absolute atomic E-state index is 13.8. The molecule has 0 bridgehead atoms. The van der Waals surface area contributed by atoms with Crippen LogP contribution in [0.2, 0.25) is 0 Å². The fourth-order valence-electron chi connectivity index (χ4n) is 5.05. The van der Waals surface area contributed by atoms with Gasteiger partial charge < -0.3 is 5.32 Å². The van der Waals surface area contributed by atoms with Gasteiger partial charge in [0.2, 0.25) is 5.91 Å². The standard InChI is InChI=1S/C23H38F5N5O/c1-12(2)13(3)29-22(31-21(34)14-4-6-16(7-5-14)23(26,27)28)30-20-11-19(32-33-20)15-8-17(24)10-18(25)9-15/h12-20,32-33H,4-11H2,1-3H3,(H2,29,30,31,34). The van der Waals surface area contributed by atoms with Crippen molar-refractivity contribution in [2.45, 2.75) is 109 Å². The molecular weight excluding hydrogens is 457 g/mol. The second kappa shape index (κ2) is 11.5. The van der Waals surface area contributed by atoms with Gasteiger partial charge in [0.25, 0.3) is 0 Å². The number of aliphatic imine (C=N–C) groups is 1. The normalized spacial score (nSPS) is 36.4. The molecular formula is C23H38F5N5O. The summed E-state index contributed by atoms with van der Waals surface area (Å²) in [5.74, 6) is -1.81. The topological polar surface area (TPSA) is 77.6 Å². The molecule has 5 atom stereocenters. The maximum Gasteiger partial charge on any atom is 0.391 e. The van der Waals surface area contributed by atoms with Gasteiger partial charge in [0.05, 0.1) is 5.92 Å². The molecule has 3 rings (SSSR count). The molecule has 196 valence electrons. The Balaban J connectivity index is 1.61. The lowest BCUT2D eigenvalue weighted by atomic mass is 9.81. The lowest BCUT2D eigenvalue weighted by Crippen LogP contribution is -2.49. The molecule has 1 amide bonds. The Morgan fingerprint density at radius 2 is 1.56 bits per heavy atom. The SMILES string of the molecule is CC(C)C(C)N/C(=N\C1CC(C2CC(F)CC(F)C2)NN1)NC(=O)C1CCC(C(F)(F)F)CC1. The van der Waals surface area contributed by atoms with Crippen molar-refractivity contribution in [3.05, 3.63) is 0 Å². The predicted octanol–water partition coefficient (Wildman–Crippen LogP) is 4.13. The summed E-state index contributed by atoms with van der Waals surface area (Å²) in [6.07, 6.45) is -5.56. The highest BCUT2D eigenvalue weighted by atomic mass is 19.4. The molecule has 0 spiro atoms. The predicted molar refractivity (Wildman–Crippen MR) is 120 cm³/mol. The zero-order valence-electron chi connectivity index (χ0n) is 20.1. The van der Waals surface area contributed by atoms with Crippen molar-refractivity contribution >= 4 is 11.9 Å². The van der Waals surface area contributed by atoms with E-state index in [9.17, 15) is 26.7 Å². The molecule has 0 radical (unpaired) electrons. The quantitative estimate of drug-likeness (QED) is 0.263. The minimum absolute atomic E-state index is 0.0110. The third-order valence-electron chi connectivity index (χ3n) is 7.56. The number of nitrogens with one attached hydrogen (secondary N) is 4. The minimum atomic E-state index is -4.22. The summed E-state index contributed by atoms with van der Waals surface area (Å²) in [5, 5.41) is 6.00. The van der Waals surface area contributed by atoms with E-state index < -0.39 is 36.5 Å². The fourth-order valence-corrected chi connectivity index (χ4v) is 5.05. The van der Waals surface area contributed by atoms with Crippen LogP contribution >= 0.6 is 0 Å². The van der Waals surface area contributed by atoms with Crippen molar-refractivity contribution in [3.63, 3.8) is 0 Å². The Hall–Kier alpha value is -1.49. The lowest BCUT2D eigenvalue weighted by Gasteiger charge is -2.31. The van der Waals surface area contributed by atoms with Crippen molar-refractivity contribution in [2.24, 2.45) is 28.7 Å². The van der Waals surface area contributed by atoms with Crippen LogP contribution in [0.15, 0.2) is 4.99 Å². The Morgan fingerprint density at radius 3 is 2.12 bits per heavy atom. The largest absolute Gasteiger partial charge is 0.391 e. The van der Waals surface area contributed by atoms with E-state index in [1.807, 2.05) is 20.8 Å². The second-order valence-electron chi connectivity index (χ2n) is 10.5. The van der Waals surface area contributed by atoms with Crippen LogP contribution in [0.1, 0.15) is 72.1 Å². The van der Waals surface area contributed by atoms with Gasteiger partial charge >= 0.3 is 6.18 Å². The highest BCUT2D eigenvalue weighted by Gasteiger charge is 2.43. The average Bonchev–Trinajstić information content (AvgIpc) is 3.21. The van der Waals surface area contributed by atoms with Crippen LogP contribution in [0.3, 0.4) is 0 Å². The van der Waals surface area contributed by atoms with Crippen molar-refractivity contribution in [2.75, 3.05) is 0 Å². The van der Waals surface area contributed by atoms with E-state index in [-0.39, 0.29) is 67.9 Å². The first-order valence-electron chi connectivity index (χ1n) is 12.4. The van der Waals surface area contributed by atoms with E-state index in [2.05, 4.69) is 26.5 Å². The highest BCUT2D eigenvalue weighted by molar-refractivity contribution is 5.98. The first-order valence-corrected chi connectivity index (χ1v) is 12.4. The highest BCUT2D eigenvalue weighted by Crippen LogP contribution is 2.39. The number of hydrogen-bond donors (Lipinski definition) is 4. The molecule has 11 heteroatoms. The third-order valence-corrected chi connectivity index (χ3v) is 7.56. The molecule has 5 unspecified atom stereocenters.